The fraction of sp³-hybridized carbons (Fsp3) is 0.143. The molecule has 0 radical (unpaired) electrons. The number of carbonyl (C=O) groups excluding carboxylic acids is 1. The van der Waals surface area contributed by atoms with Gasteiger partial charge in [0.25, 0.3) is 11.1 Å². The normalized spacial score (nSPS) is 11.9. The Bertz CT molecular complexity index is 1230. The first kappa shape index (κ1) is 20.5. The lowest BCUT2D eigenvalue weighted by Gasteiger charge is -2.06. The summed E-state index contributed by atoms with van der Waals surface area (Å²) in [5, 5.41) is 18.9. The molecule has 0 bridgehead atoms. The number of ether oxygens (including phenoxy) is 2. The number of rotatable bonds is 7. The molecule has 0 aliphatic carbocycles. The maximum Gasteiger partial charge on any atom is 0.345 e. The molecule has 2 heterocycles. The van der Waals surface area contributed by atoms with Crippen LogP contribution in [0.15, 0.2) is 63.9 Å². The summed E-state index contributed by atoms with van der Waals surface area (Å²) >= 11 is 1.08. The molecule has 2 aromatic heterocycles. The number of H-pyrrole nitrogens is 1. The molecule has 2 N–H and O–H groups in total. The zero-order valence-electron chi connectivity index (χ0n) is 16.7. The van der Waals surface area contributed by atoms with Gasteiger partial charge in [0.2, 0.25) is 0 Å². The number of imidazole rings is 1. The molecule has 10 heteroatoms. The van der Waals surface area contributed by atoms with Crippen LogP contribution in [0, 0.1) is 0 Å². The van der Waals surface area contributed by atoms with Crippen LogP contribution in [0.1, 0.15) is 5.82 Å². The van der Waals surface area contributed by atoms with Gasteiger partial charge in [0.15, 0.2) is 0 Å². The number of nitrogens with one attached hydrogen (secondary N) is 1. The Kier molecular flexibility index (Phi) is 5.89. The smallest absolute Gasteiger partial charge is 0.345 e. The van der Waals surface area contributed by atoms with E-state index in [4.69, 9.17) is 13.9 Å². The van der Waals surface area contributed by atoms with E-state index in [0.717, 1.165) is 17.3 Å². The van der Waals surface area contributed by atoms with E-state index >= 15 is 0 Å². The average molecular weight is 438 g/mol. The Hall–Kier alpha value is -3.79. The van der Waals surface area contributed by atoms with E-state index in [9.17, 15) is 9.90 Å². The van der Waals surface area contributed by atoms with Crippen molar-refractivity contribution in [3.63, 3.8) is 0 Å². The summed E-state index contributed by atoms with van der Waals surface area (Å²) in [6.45, 7) is 0. The number of para-hydroxylation sites is 3. The second kappa shape index (κ2) is 8.92. The Morgan fingerprint density at radius 3 is 2.68 bits per heavy atom. The average Bonchev–Trinajstić information content (AvgIpc) is 3.44. The lowest BCUT2D eigenvalue weighted by Crippen LogP contribution is -2.09. The molecule has 31 heavy (non-hydrogen) atoms. The molecular formula is C21H18N4O5S. The molecule has 0 aliphatic rings. The molecule has 4 aromatic rings. The monoisotopic (exact) mass is 438 g/mol. The van der Waals surface area contributed by atoms with Gasteiger partial charge in [-0.05, 0) is 24.3 Å². The van der Waals surface area contributed by atoms with E-state index in [0.29, 0.717) is 16.8 Å². The highest BCUT2D eigenvalue weighted by atomic mass is 32.2. The highest BCUT2D eigenvalue weighted by molar-refractivity contribution is 7.99. The third kappa shape index (κ3) is 4.24. The second-order valence-electron chi connectivity index (χ2n) is 6.28. The quantitative estimate of drug-likeness (QED) is 0.192. The van der Waals surface area contributed by atoms with Crippen molar-refractivity contribution in [2.75, 3.05) is 20.0 Å². The third-order valence-electron chi connectivity index (χ3n) is 4.38. The summed E-state index contributed by atoms with van der Waals surface area (Å²) in [6, 6.07) is 14.6. The molecular weight excluding hydrogens is 420 g/mol. The number of hydrogen-bond acceptors (Lipinski definition) is 9. The highest BCUT2D eigenvalue weighted by Gasteiger charge is 2.23. The van der Waals surface area contributed by atoms with Gasteiger partial charge in [0.05, 0.1) is 36.6 Å². The van der Waals surface area contributed by atoms with Crippen LogP contribution in [0.25, 0.3) is 28.1 Å². The minimum Gasteiger partial charge on any atom is -0.510 e. The molecule has 0 saturated carbocycles. The molecule has 2 aromatic carbocycles. The lowest BCUT2D eigenvalue weighted by molar-refractivity contribution is -0.133. The van der Waals surface area contributed by atoms with Gasteiger partial charge in [-0.1, -0.05) is 36.0 Å². The zero-order chi connectivity index (χ0) is 21.8. The van der Waals surface area contributed by atoms with Crippen molar-refractivity contribution in [2.45, 2.75) is 5.22 Å². The van der Waals surface area contributed by atoms with Gasteiger partial charge in [-0.25, -0.2) is 9.78 Å². The van der Waals surface area contributed by atoms with Gasteiger partial charge in [-0.15, -0.1) is 10.2 Å². The van der Waals surface area contributed by atoms with Crippen LogP contribution in [0.5, 0.6) is 5.75 Å². The summed E-state index contributed by atoms with van der Waals surface area (Å²) in [5.41, 5.74) is 1.99. The van der Waals surface area contributed by atoms with Crippen molar-refractivity contribution >= 4 is 34.3 Å². The number of aliphatic hydroxyl groups is 1. The molecule has 0 fully saturated rings. The van der Waals surface area contributed by atoms with E-state index in [1.807, 2.05) is 30.3 Å². The van der Waals surface area contributed by atoms with Crippen molar-refractivity contribution in [3.8, 4) is 17.2 Å². The van der Waals surface area contributed by atoms with Gasteiger partial charge in [-0.2, -0.15) is 0 Å². The van der Waals surface area contributed by atoms with E-state index < -0.39 is 5.97 Å². The van der Waals surface area contributed by atoms with E-state index in [2.05, 4.69) is 20.2 Å². The molecule has 9 nitrogen and oxygen atoms in total. The van der Waals surface area contributed by atoms with Crippen LogP contribution in [-0.2, 0) is 9.53 Å². The van der Waals surface area contributed by atoms with Crippen molar-refractivity contribution in [2.24, 2.45) is 0 Å². The van der Waals surface area contributed by atoms with Crippen LogP contribution in [0.2, 0.25) is 0 Å². The minimum absolute atomic E-state index is 0.00492. The molecule has 0 atom stereocenters. The molecule has 0 unspecified atom stereocenters. The van der Waals surface area contributed by atoms with E-state index in [1.165, 1.54) is 7.11 Å². The summed E-state index contributed by atoms with van der Waals surface area (Å²) < 4.78 is 15.8. The SMILES string of the molecule is COC(=O)/C(=C(/O)CSc1nnc(-c2ccccc2OC)o1)c1nc2ccccc2[nH]1. The van der Waals surface area contributed by atoms with Crippen molar-refractivity contribution in [1.29, 1.82) is 0 Å². The van der Waals surface area contributed by atoms with Gasteiger partial charge in [0, 0.05) is 0 Å². The number of thioether (sulfide) groups is 1. The van der Waals surface area contributed by atoms with Crippen LogP contribution < -0.4 is 4.74 Å². The number of aromatic amines is 1. The molecule has 4 rings (SSSR count). The lowest BCUT2D eigenvalue weighted by atomic mass is 10.2. The largest absolute Gasteiger partial charge is 0.510 e. The Balaban J connectivity index is 1.58. The van der Waals surface area contributed by atoms with Crippen LogP contribution >= 0.6 is 11.8 Å². The summed E-state index contributed by atoms with van der Waals surface area (Å²) in [6.07, 6.45) is 0. The molecule has 0 spiro atoms. The number of hydrogen-bond donors (Lipinski definition) is 2. The number of aromatic nitrogens is 4. The summed E-state index contributed by atoms with van der Waals surface area (Å²) in [4.78, 5) is 19.7. The minimum atomic E-state index is -0.711. The first-order valence-electron chi connectivity index (χ1n) is 9.16. The van der Waals surface area contributed by atoms with Gasteiger partial charge in [-0.3, -0.25) is 0 Å². The zero-order valence-corrected chi connectivity index (χ0v) is 17.5. The van der Waals surface area contributed by atoms with Gasteiger partial charge >= 0.3 is 5.97 Å². The predicted molar refractivity (Wildman–Crippen MR) is 115 cm³/mol. The predicted octanol–water partition coefficient (Wildman–Crippen LogP) is 3.86. The van der Waals surface area contributed by atoms with Gasteiger partial charge in [0.1, 0.15) is 22.9 Å². The number of benzene rings is 2. The second-order valence-corrected chi connectivity index (χ2v) is 7.20. The molecule has 0 aliphatic heterocycles. The van der Waals surface area contributed by atoms with Crippen molar-refractivity contribution in [3.05, 3.63) is 60.1 Å². The molecule has 0 amide bonds. The first-order chi connectivity index (χ1) is 15.1. The number of nitrogens with zero attached hydrogens (tertiary/aromatic N) is 3. The number of carbonyl (C=O) groups is 1. The van der Waals surface area contributed by atoms with Crippen LogP contribution in [0.3, 0.4) is 0 Å². The third-order valence-corrected chi connectivity index (χ3v) is 5.21. The number of methoxy groups -OCH3 is 2. The van der Waals surface area contributed by atoms with Gasteiger partial charge < -0.3 is 24.0 Å². The maximum absolute atomic E-state index is 12.3. The van der Waals surface area contributed by atoms with Crippen LogP contribution in [0.4, 0.5) is 0 Å². The van der Waals surface area contributed by atoms with E-state index in [-0.39, 0.29) is 34.0 Å². The molecule has 0 saturated heterocycles. The Labute approximate surface area is 181 Å². The summed E-state index contributed by atoms with van der Waals surface area (Å²) in [7, 11) is 2.79. The van der Waals surface area contributed by atoms with Crippen molar-refractivity contribution < 1.29 is 23.8 Å². The number of esters is 1. The number of fused-ring (bicyclic) bond motifs is 1. The first-order valence-corrected chi connectivity index (χ1v) is 10.1. The maximum atomic E-state index is 12.3. The molecule has 158 valence electrons. The number of aliphatic hydroxyl groups excluding tert-OH is 1. The van der Waals surface area contributed by atoms with Crippen LogP contribution in [-0.4, -0.2) is 51.2 Å². The fourth-order valence-electron chi connectivity index (χ4n) is 2.92. The Morgan fingerprint density at radius 2 is 1.90 bits per heavy atom. The van der Waals surface area contributed by atoms with Crippen molar-refractivity contribution in [1.82, 2.24) is 20.2 Å². The fourth-order valence-corrected chi connectivity index (χ4v) is 3.57. The topological polar surface area (TPSA) is 123 Å². The van der Waals surface area contributed by atoms with E-state index in [1.54, 1.807) is 25.3 Å². The highest BCUT2D eigenvalue weighted by Crippen LogP contribution is 2.31. The Morgan fingerprint density at radius 1 is 1.13 bits per heavy atom. The standard InChI is InChI=1S/C21H18N4O5S/c1-28-16-10-6-3-7-12(16)19-24-25-21(30-19)31-11-15(26)17(20(27)29-2)18-22-13-8-4-5-9-14(13)23-18/h3-10,26H,11H2,1-2H3,(H,22,23)/b17-15+. The summed E-state index contributed by atoms with van der Waals surface area (Å²) in [5.74, 6) is 0.156.